The first-order valence-electron chi connectivity index (χ1n) is 7.89. The van der Waals surface area contributed by atoms with Crippen molar-refractivity contribution in [2.75, 3.05) is 5.32 Å². The molecule has 1 heterocycles. The van der Waals surface area contributed by atoms with Crippen molar-refractivity contribution in [3.05, 3.63) is 82.4 Å². The first-order chi connectivity index (χ1) is 12.5. The maximum Gasteiger partial charge on any atom is 0.254 e. The van der Waals surface area contributed by atoms with Crippen molar-refractivity contribution < 1.29 is 9.18 Å². The average Bonchev–Trinajstić information content (AvgIpc) is 2.65. The molecule has 7 heteroatoms. The minimum atomic E-state index is -0.313. The summed E-state index contributed by atoms with van der Waals surface area (Å²) >= 11 is 6.09. The van der Waals surface area contributed by atoms with Crippen LogP contribution in [0, 0.1) is 12.7 Å². The van der Waals surface area contributed by atoms with E-state index in [0.717, 1.165) is 16.8 Å². The van der Waals surface area contributed by atoms with E-state index in [0.29, 0.717) is 23.1 Å². The molecule has 132 valence electrons. The van der Waals surface area contributed by atoms with Crippen LogP contribution in [0.5, 0.6) is 0 Å². The molecule has 26 heavy (non-hydrogen) atoms. The number of hydrogen-bond acceptors (Lipinski definition) is 4. The van der Waals surface area contributed by atoms with Gasteiger partial charge < -0.3 is 10.6 Å². The molecule has 2 aromatic carbocycles. The van der Waals surface area contributed by atoms with Crippen molar-refractivity contribution in [2.24, 2.45) is 0 Å². The SMILES string of the molecule is Cc1ccc(Nc2ncc(C(=O)NCc3ccc(F)cc3)cn2)cc1Cl. The van der Waals surface area contributed by atoms with Gasteiger partial charge in [0.2, 0.25) is 5.95 Å². The predicted molar refractivity (Wildman–Crippen MR) is 99.1 cm³/mol. The lowest BCUT2D eigenvalue weighted by Gasteiger charge is -2.08. The highest BCUT2D eigenvalue weighted by Gasteiger charge is 2.08. The zero-order chi connectivity index (χ0) is 18.5. The van der Waals surface area contributed by atoms with Crippen LogP contribution >= 0.6 is 11.6 Å². The van der Waals surface area contributed by atoms with Crippen molar-refractivity contribution in [3.8, 4) is 0 Å². The van der Waals surface area contributed by atoms with Crippen LogP contribution in [-0.2, 0) is 6.54 Å². The highest BCUT2D eigenvalue weighted by Crippen LogP contribution is 2.21. The molecule has 2 N–H and O–H groups in total. The number of benzene rings is 2. The summed E-state index contributed by atoms with van der Waals surface area (Å²) in [7, 11) is 0. The Labute approximate surface area is 155 Å². The van der Waals surface area contributed by atoms with Crippen molar-refractivity contribution >= 4 is 29.1 Å². The Morgan fingerprint density at radius 3 is 2.46 bits per heavy atom. The summed E-state index contributed by atoms with van der Waals surface area (Å²) in [6.07, 6.45) is 2.87. The number of amides is 1. The molecular formula is C19H16ClFN4O. The Morgan fingerprint density at radius 1 is 1.12 bits per heavy atom. The molecular weight excluding hydrogens is 355 g/mol. The summed E-state index contributed by atoms with van der Waals surface area (Å²) in [5.74, 6) is -0.259. The smallest absolute Gasteiger partial charge is 0.254 e. The van der Waals surface area contributed by atoms with E-state index in [1.807, 2.05) is 19.1 Å². The van der Waals surface area contributed by atoms with Gasteiger partial charge >= 0.3 is 0 Å². The normalized spacial score (nSPS) is 10.4. The van der Waals surface area contributed by atoms with E-state index in [4.69, 9.17) is 11.6 Å². The Balaban J connectivity index is 1.60. The molecule has 5 nitrogen and oxygen atoms in total. The molecule has 1 amide bonds. The van der Waals surface area contributed by atoms with E-state index in [2.05, 4.69) is 20.6 Å². The zero-order valence-electron chi connectivity index (χ0n) is 14.0. The van der Waals surface area contributed by atoms with Crippen LogP contribution in [0.25, 0.3) is 0 Å². The number of anilines is 2. The van der Waals surface area contributed by atoms with Crippen LogP contribution in [0.1, 0.15) is 21.5 Å². The molecule has 0 saturated heterocycles. The number of carbonyl (C=O) groups is 1. The minimum absolute atomic E-state index is 0.293. The number of aromatic nitrogens is 2. The third-order valence-electron chi connectivity index (χ3n) is 3.71. The van der Waals surface area contributed by atoms with Crippen LogP contribution in [-0.4, -0.2) is 15.9 Å². The lowest BCUT2D eigenvalue weighted by Crippen LogP contribution is -2.23. The molecule has 0 atom stereocenters. The van der Waals surface area contributed by atoms with Crippen molar-refractivity contribution in [3.63, 3.8) is 0 Å². The monoisotopic (exact) mass is 370 g/mol. The van der Waals surface area contributed by atoms with E-state index in [1.165, 1.54) is 24.5 Å². The summed E-state index contributed by atoms with van der Waals surface area (Å²) in [4.78, 5) is 20.4. The fraction of sp³-hybridized carbons (Fsp3) is 0.105. The number of rotatable bonds is 5. The van der Waals surface area contributed by atoms with Gasteiger partial charge in [-0.15, -0.1) is 0 Å². The van der Waals surface area contributed by atoms with Gasteiger partial charge in [-0.25, -0.2) is 14.4 Å². The maximum atomic E-state index is 12.9. The standard InChI is InChI=1S/C19H16ClFN4O/c1-12-2-7-16(8-17(12)20)25-19-23-10-14(11-24-19)18(26)22-9-13-3-5-15(21)6-4-13/h2-8,10-11H,9H2,1H3,(H,22,26)(H,23,24,25). The third-order valence-corrected chi connectivity index (χ3v) is 4.12. The van der Waals surface area contributed by atoms with E-state index in [9.17, 15) is 9.18 Å². The second-order valence-electron chi connectivity index (χ2n) is 5.69. The number of halogens is 2. The third kappa shape index (κ3) is 4.55. The quantitative estimate of drug-likeness (QED) is 0.704. The summed E-state index contributed by atoms with van der Waals surface area (Å²) < 4.78 is 12.9. The van der Waals surface area contributed by atoms with Crippen LogP contribution in [0.4, 0.5) is 16.0 Å². The number of nitrogens with one attached hydrogen (secondary N) is 2. The minimum Gasteiger partial charge on any atom is -0.348 e. The average molecular weight is 371 g/mol. The highest BCUT2D eigenvalue weighted by atomic mass is 35.5. The zero-order valence-corrected chi connectivity index (χ0v) is 14.7. The predicted octanol–water partition coefficient (Wildman–Crippen LogP) is 4.25. The fourth-order valence-electron chi connectivity index (χ4n) is 2.20. The molecule has 0 aliphatic heterocycles. The van der Waals surface area contributed by atoms with Crippen LogP contribution in [0.15, 0.2) is 54.9 Å². The van der Waals surface area contributed by atoms with Crippen molar-refractivity contribution in [1.82, 2.24) is 15.3 Å². The van der Waals surface area contributed by atoms with Gasteiger partial charge in [-0.1, -0.05) is 29.8 Å². The molecule has 1 aromatic heterocycles. The molecule has 3 aromatic rings. The second kappa shape index (κ2) is 7.93. The fourth-order valence-corrected chi connectivity index (χ4v) is 2.38. The summed E-state index contributed by atoms with van der Waals surface area (Å²) in [5.41, 5.74) is 2.87. The van der Waals surface area contributed by atoms with Crippen molar-refractivity contribution in [2.45, 2.75) is 13.5 Å². The molecule has 0 aliphatic carbocycles. The van der Waals surface area contributed by atoms with E-state index in [-0.39, 0.29) is 11.7 Å². The Morgan fingerprint density at radius 2 is 1.81 bits per heavy atom. The van der Waals surface area contributed by atoms with Crippen molar-refractivity contribution in [1.29, 1.82) is 0 Å². The van der Waals surface area contributed by atoms with Gasteiger partial charge in [0, 0.05) is 29.6 Å². The van der Waals surface area contributed by atoms with Gasteiger partial charge in [0.1, 0.15) is 5.82 Å². The van der Waals surface area contributed by atoms with Crippen LogP contribution in [0.2, 0.25) is 5.02 Å². The molecule has 0 saturated carbocycles. The lowest BCUT2D eigenvalue weighted by atomic mass is 10.2. The Hall–Kier alpha value is -2.99. The van der Waals surface area contributed by atoms with E-state index < -0.39 is 0 Å². The molecule has 0 fully saturated rings. The molecule has 0 spiro atoms. The second-order valence-corrected chi connectivity index (χ2v) is 6.10. The van der Waals surface area contributed by atoms with Gasteiger partial charge in [-0.05, 0) is 42.3 Å². The van der Waals surface area contributed by atoms with Gasteiger partial charge in [-0.3, -0.25) is 4.79 Å². The van der Waals surface area contributed by atoms with Crippen LogP contribution < -0.4 is 10.6 Å². The summed E-state index contributed by atoms with van der Waals surface area (Å²) in [6, 6.07) is 11.5. The van der Waals surface area contributed by atoms with E-state index >= 15 is 0 Å². The Kier molecular flexibility index (Phi) is 5.43. The first kappa shape index (κ1) is 17.8. The summed E-state index contributed by atoms with van der Waals surface area (Å²) in [6.45, 7) is 2.21. The molecule has 0 radical (unpaired) electrons. The van der Waals surface area contributed by atoms with Crippen LogP contribution in [0.3, 0.4) is 0 Å². The van der Waals surface area contributed by atoms with Gasteiger partial charge in [0.05, 0.1) is 5.56 Å². The summed E-state index contributed by atoms with van der Waals surface area (Å²) in [5, 5.41) is 6.41. The van der Waals surface area contributed by atoms with Gasteiger partial charge in [0.15, 0.2) is 0 Å². The molecule has 0 aliphatic rings. The Bertz CT molecular complexity index is 914. The number of aryl methyl sites for hydroxylation is 1. The lowest BCUT2D eigenvalue weighted by molar-refractivity contribution is 0.0950. The van der Waals surface area contributed by atoms with Gasteiger partial charge in [-0.2, -0.15) is 0 Å². The number of carbonyl (C=O) groups excluding carboxylic acids is 1. The highest BCUT2D eigenvalue weighted by molar-refractivity contribution is 6.31. The topological polar surface area (TPSA) is 66.9 Å². The molecule has 3 rings (SSSR count). The number of nitrogens with zero attached hydrogens (tertiary/aromatic N) is 2. The molecule has 0 unspecified atom stereocenters. The number of hydrogen-bond donors (Lipinski definition) is 2. The maximum absolute atomic E-state index is 12.9. The van der Waals surface area contributed by atoms with Gasteiger partial charge in [0.25, 0.3) is 5.91 Å². The first-order valence-corrected chi connectivity index (χ1v) is 8.27. The largest absolute Gasteiger partial charge is 0.348 e. The van der Waals surface area contributed by atoms with E-state index in [1.54, 1.807) is 18.2 Å². The molecule has 0 bridgehead atoms.